The van der Waals surface area contributed by atoms with Crippen LogP contribution in [0.2, 0.25) is 0 Å². The van der Waals surface area contributed by atoms with Gasteiger partial charge in [-0.15, -0.1) is 0 Å². The van der Waals surface area contributed by atoms with Gasteiger partial charge in [-0.1, -0.05) is 12.1 Å². The van der Waals surface area contributed by atoms with Crippen molar-refractivity contribution in [2.45, 2.75) is 19.9 Å². The van der Waals surface area contributed by atoms with Gasteiger partial charge in [-0.2, -0.15) is 4.98 Å². The van der Waals surface area contributed by atoms with Crippen LogP contribution in [0.3, 0.4) is 0 Å². The van der Waals surface area contributed by atoms with E-state index in [1.165, 1.54) is 30.3 Å². The van der Waals surface area contributed by atoms with Crippen molar-refractivity contribution in [3.8, 4) is 0 Å². The number of aryl methyl sites for hydroxylation is 1. The fourth-order valence-electron chi connectivity index (χ4n) is 3.28. The summed E-state index contributed by atoms with van der Waals surface area (Å²) in [7, 11) is 0. The highest BCUT2D eigenvalue weighted by molar-refractivity contribution is 5.97. The Morgan fingerprint density at radius 1 is 1.15 bits per heavy atom. The van der Waals surface area contributed by atoms with E-state index in [1.54, 1.807) is 18.4 Å². The van der Waals surface area contributed by atoms with E-state index in [4.69, 9.17) is 0 Å². The highest BCUT2D eigenvalue weighted by Gasteiger charge is 2.22. The number of fused-ring (bicyclic) bond motifs is 3. The molecule has 0 aliphatic rings. The summed E-state index contributed by atoms with van der Waals surface area (Å²) < 4.78 is 16.7. The van der Waals surface area contributed by atoms with Gasteiger partial charge in [0.05, 0.1) is 5.52 Å². The van der Waals surface area contributed by atoms with E-state index in [1.807, 2.05) is 28.9 Å². The first kappa shape index (κ1) is 17.0. The standard InChI is InChI=1S/C20H17FN4O2/c1-12-11-18(26)23-19-16-5-3-4-6-17(16)25(24(12)19)13(2)20(27)22-15-9-7-14(21)8-10-15/h3-11,13H,1-2H3,(H,22,27). The lowest BCUT2D eigenvalue weighted by molar-refractivity contribution is -0.119. The number of halogens is 1. The van der Waals surface area contributed by atoms with Crippen molar-refractivity contribution in [3.05, 3.63) is 76.5 Å². The number of aromatic nitrogens is 3. The molecule has 2 heterocycles. The molecule has 136 valence electrons. The molecular formula is C20H17FN4O2. The Hall–Kier alpha value is -3.48. The molecule has 4 aromatic rings. The normalized spacial score (nSPS) is 12.4. The second-order valence-electron chi connectivity index (χ2n) is 6.41. The molecule has 1 atom stereocenters. The fraction of sp³-hybridized carbons (Fsp3) is 0.150. The highest BCUT2D eigenvalue weighted by atomic mass is 19.1. The molecule has 27 heavy (non-hydrogen) atoms. The van der Waals surface area contributed by atoms with E-state index in [0.717, 1.165) is 10.9 Å². The Morgan fingerprint density at radius 3 is 2.59 bits per heavy atom. The fourth-order valence-corrected chi connectivity index (χ4v) is 3.28. The molecule has 6 nitrogen and oxygen atoms in total. The van der Waals surface area contributed by atoms with Gasteiger partial charge < -0.3 is 5.32 Å². The number of amides is 1. The van der Waals surface area contributed by atoms with E-state index < -0.39 is 6.04 Å². The van der Waals surface area contributed by atoms with Crippen LogP contribution in [0.4, 0.5) is 10.1 Å². The summed E-state index contributed by atoms with van der Waals surface area (Å²) >= 11 is 0. The zero-order valence-corrected chi connectivity index (χ0v) is 14.8. The van der Waals surface area contributed by atoms with Gasteiger partial charge in [-0.05, 0) is 50.2 Å². The van der Waals surface area contributed by atoms with E-state index in [2.05, 4.69) is 10.3 Å². The molecule has 1 N–H and O–H groups in total. The zero-order valence-electron chi connectivity index (χ0n) is 14.8. The maximum absolute atomic E-state index is 13.1. The minimum absolute atomic E-state index is 0.262. The van der Waals surface area contributed by atoms with Crippen molar-refractivity contribution >= 4 is 28.1 Å². The van der Waals surface area contributed by atoms with Crippen LogP contribution in [-0.2, 0) is 4.79 Å². The van der Waals surface area contributed by atoms with Gasteiger partial charge in [0.2, 0.25) is 5.91 Å². The molecule has 0 aliphatic heterocycles. The van der Waals surface area contributed by atoms with Crippen molar-refractivity contribution in [2.75, 3.05) is 5.32 Å². The van der Waals surface area contributed by atoms with Crippen LogP contribution < -0.4 is 10.9 Å². The quantitative estimate of drug-likeness (QED) is 0.606. The Labute approximate surface area is 153 Å². The topological polar surface area (TPSA) is 68.4 Å². The van der Waals surface area contributed by atoms with Crippen molar-refractivity contribution < 1.29 is 9.18 Å². The molecule has 1 unspecified atom stereocenters. The molecule has 0 spiro atoms. The van der Waals surface area contributed by atoms with Crippen LogP contribution in [0.1, 0.15) is 18.7 Å². The summed E-state index contributed by atoms with van der Waals surface area (Å²) in [6.07, 6.45) is 0. The molecule has 0 saturated carbocycles. The maximum atomic E-state index is 13.1. The minimum atomic E-state index is -0.597. The van der Waals surface area contributed by atoms with Crippen LogP contribution in [-0.4, -0.2) is 20.1 Å². The summed E-state index contributed by atoms with van der Waals surface area (Å²) in [5.41, 5.74) is 2.18. The predicted octanol–water partition coefficient (Wildman–Crippen LogP) is 3.30. The smallest absolute Gasteiger partial charge is 0.273 e. The average Bonchev–Trinajstić information content (AvgIpc) is 2.98. The number of para-hydroxylation sites is 1. The van der Waals surface area contributed by atoms with Gasteiger partial charge in [-0.25, -0.2) is 8.91 Å². The molecule has 7 heteroatoms. The average molecular weight is 364 g/mol. The molecule has 2 aromatic carbocycles. The second kappa shape index (κ2) is 6.35. The van der Waals surface area contributed by atoms with Gasteiger partial charge in [0.15, 0.2) is 5.65 Å². The van der Waals surface area contributed by atoms with Crippen LogP contribution >= 0.6 is 0 Å². The lowest BCUT2D eigenvalue weighted by atomic mass is 10.2. The number of carbonyl (C=O) groups is 1. The van der Waals surface area contributed by atoms with Crippen molar-refractivity contribution in [1.82, 2.24) is 14.2 Å². The molecule has 0 radical (unpaired) electrons. The number of anilines is 1. The Bertz CT molecular complexity index is 1220. The Kier molecular flexibility index (Phi) is 3.99. The molecule has 0 bridgehead atoms. The number of carbonyl (C=O) groups excluding carboxylic acids is 1. The highest BCUT2D eigenvalue weighted by Crippen LogP contribution is 2.25. The number of hydrogen-bond donors (Lipinski definition) is 1. The number of hydrogen-bond acceptors (Lipinski definition) is 3. The maximum Gasteiger partial charge on any atom is 0.273 e. The van der Waals surface area contributed by atoms with Gasteiger partial charge in [0.25, 0.3) is 5.56 Å². The van der Waals surface area contributed by atoms with Crippen LogP contribution in [0.15, 0.2) is 59.4 Å². The lowest BCUT2D eigenvalue weighted by Crippen LogP contribution is -2.27. The summed E-state index contributed by atoms with van der Waals surface area (Å²) in [5.74, 6) is -0.628. The summed E-state index contributed by atoms with van der Waals surface area (Å²) in [6, 6.07) is 13.9. The number of nitrogens with zero attached hydrogens (tertiary/aromatic N) is 3. The van der Waals surface area contributed by atoms with Crippen molar-refractivity contribution in [2.24, 2.45) is 0 Å². The van der Waals surface area contributed by atoms with E-state index in [0.29, 0.717) is 17.0 Å². The predicted molar refractivity (Wildman–Crippen MR) is 101 cm³/mol. The van der Waals surface area contributed by atoms with Crippen molar-refractivity contribution in [1.29, 1.82) is 0 Å². The molecule has 0 saturated heterocycles. The van der Waals surface area contributed by atoms with Gasteiger partial charge in [-0.3, -0.25) is 14.3 Å². The molecule has 1 amide bonds. The largest absolute Gasteiger partial charge is 0.324 e. The number of nitrogens with one attached hydrogen (secondary N) is 1. The molecule has 0 aliphatic carbocycles. The summed E-state index contributed by atoms with van der Waals surface area (Å²) in [5, 5.41) is 3.59. The monoisotopic (exact) mass is 364 g/mol. The second-order valence-corrected chi connectivity index (χ2v) is 6.41. The van der Waals surface area contributed by atoms with Gasteiger partial charge in [0.1, 0.15) is 11.9 Å². The SMILES string of the molecule is Cc1cc(=O)nc2c3ccccc3n(C(C)C(=O)Nc3ccc(F)cc3)n12. The Balaban J connectivity index is 1.85. The third-order valence-electron chi connectivity index (χ3n) is 4.55. The molecular weight excluding hydrogens is 347 g/mol. The van der Waals surface area contributed by atoms with Crippen LogP contribution in [0.5, 0.6) is 0 Å². The third-order valence-corrected chi connectivity index (χ3v) is 4.55. The first-order chi connectivity index (χ1) is 13.0. The van der Waals surface area contributed by atoms with Gasteiger partial charge in [0, 0.05) is 22.8 Å². The third kappa shape index (κ3) is 2.87. The zero-order chi connectivity index (χ0) is 19.1. The molecule has 0 fully saturated rings. The number of rotatable bonds is 3. The first-order valence-corrected chi connectivity index (χ1v) is 8.52. The number of benzene rings is 2. The Morgan fingerprint density at radius 2 is 1.85 bits per heavy atom. The van der Waals surface area contributed by atoms with Gasteiger partial charge >= 0.3 is 0 Å². The van der Waals surface area contributed by atoms with Crippen molar-refractivity contribution in [3.63, 3.8) is 0 Å². The first-order valence-electron chi connectivity index (χ1n) is 8.52. The van der Waals surface area contributed by atoms with Crippen LogP contribution in [0.25, 0.3) is 16.6 Å². The molecule has 4 rings (SSSR count). The van der Waals surface area contributed by atoms with E-state index >= 15 is 0 Å². The van der Waals surface area contributed by atoms with Crippen LogP contribution in [0, 0.1) is 12.7 Å². The summed E-state index contributed by atoms with van der Waals surface area (Å²) in [4.78, 5) is 28.9. The minimum Gasteiger partial charge on any atom is -0.324 e. The lowest BCUT2D eigenvalue weighted by Gasteiger charge is -2.18. The van der Waals surface area contributed by atoms with E-state index in [-0.39, 0.29) is 17.3 Å². The summed E-state index contributed by atoms with van der Waals surface area (Å²) in [6.45, 7) is 3.57. The molecule has 2 aromatic heterocycles. The van der Waals surface area contributed by atoms with E-state index in [9.17, 15) is 14.0 Å².